The third-order valence-corrected chi connectivity index (χ3v) is 3.45. The zero-order valence-electron chi connectivity index (χ0n) is 12.3. The highest BCUT2D eigenvalue weighted by Crippen LogP contribution is 2.12. The van der Waals surface area contributed by atoms with Gasteiger partial charge in [0, 0.05) is 13.1 Å². The van der Waals surface area contributed by atoms with E-state index < -0.39 is 0 Å². The van der Waals surface area contributed by atoms with Gasteiger partial charge in [-0.15, -0.1) is 0 Å². The van der Waals surface area contributed by atoms with Gasteiger partial charge in [-0.1, -0.05) is 40.0 Å². The molecule has 3 N–H and O–H groups in total. The van der Waals surface area contributed by atoms with E-state index in [1.807, 2.05) is 6.92 Å². The molecule has 2 atom stereocenters. The number of hydrogen-bond acceptors (Lipinski definition) is 3. The van der Waals surface area contributed by atoms with Crippen LogP contribution in [0.2, 0.25) is 0 Å². The molecular formula is C14H30N2O2. The van der Waals surface area contributed by atoms with Gasteiger partial charge in [0.25, 0.3) is 0 Å². The minimum absolute atomic E-state index is 0.0141. The first-order valence-electron chi connectivity index (χ1n) is 7.25. The SMILES string of the molecule is CCCCNC(=O)C(C)NCC(O)C(CC)CC. The lowest BCUT2D eigenvalue weighted by Crippen LogP contribution is -2.46. The summed E-state index contributed by atoms with van der Waals surface area (Å²) >= 11 is 0. The van der Waals surface area contributed by atoms with Crippen molar-refractivity contribution >= 4 is 5.91 Å². The number of carbonyl (C=O) groups excluding carboxylic acids is 1. The van der Waals surface area contributed by atoms with E-state index in [0.717, 1.165) is 32.2 Å². The predicted molar refractivity (Wildman–Crippen MR) is 75.5 cm³/mol. The highest BCUT2D eigenvalue weighted by atomic mass is 16.3. The summed E-state index contributed by atoms with van der Waals surface area (Å²) in [6, 6.07) is -0.245. The summed E-state index contributed by atoms with van der Waals surface area (Å²) in [5.74, 6) is 0.327. The monoisotopic (exact) mass is 258 g/mol. The maximum atomic E-state index is 11.7. The van der Waals surface area contributed by atoms with Crippen LogP contribution in [-0.4, -0.2) is 36.2 Å². The van der Waals surface area contributed by atoms with E-state index in [1.165, 1.54) is 0 Å². The van der Waals surface area contributed by atoms with Crippen LogP contribution in [0.15, 0.2) is 0 Å². The molecule has 0 rings (SSSR count). The molecule has 0 saturated carbocycles. The minimum atomic E-state index is -0.370. The molecule has 0 aromatic carbocycles. The van der Waals surface area contributed by atoms with Crippen LogP contribution in [0.3, 0.4) is 0 Å². The molecule has 0 spiro atoms. The molecule has 4 nitrogen and oxygen atoms in total. The van der Waals surface area contributed by atoms with Gasteiger partial charge in [0.1, 0.15) is 0 Å². The molecule has 0 heterocycles. The van der Waals surface area contributed by atoms with Crippen molar-refractivity contribution in [3.05, 3.63) is 0 Å². The third kappa shape index (κ3) is 6.97. The fourth-order valence-corrected chi connectivity index (χ4v) is 1.93. The van der Waals surface area contributed by atoms with Crippen molar-refractivity contribution in [2.45, 2.75) is 65.5 Å². The molecule has 0 aliphatic heterocycles. The molecule has 0 saturated heterocycles. The van der Waals surface area contributed by atoms with E-state index in [0.29, 0.717) is 12.5 Å². The minimum Gasteiger partial charge on any atom is -0.392 e. The Morgan fingerprint density at radius 1 is 1.22 bits per heavy atom. The summed E-state index contributed by atoms with van der Waals surface area (Å²) < 4.78 is 0. The quantitative estimate of drug-likeness (QED) is 0.522. The van der Waals surface area contributed by atoms with Gasteiger partial charge >= 0.3 is 0 Å². The number of aliphatic hydroxyl groups excluding tert-OH is 1. The number of aliphatic hydroxyl groups is 1. The number of rotatable bonds is 10. The van der Waals surface area contributed by atoms with Crippen LogP contribution in [0.4, 0.5) is 0 Å². The van der Waals surface area contributed by atoms with Gasteiger partial charge in [-0.3, -0.25) is 4.79 Å². The fourth-order valence-electron chi connectivity index (χ4n) is 1.93. The van der Waals surface area contributed by atoms with Gasteiger partial charge in [-0.25, -0.2) is 0 Å². The van der Waals surface area contributed by atoms with Gasteiger partial charge in [0.2, 0.25) is 5.91 Å². The number of hydrogen-bond donors (Lipinski definition) is 3. The number of amides is 1. The second-order valence-corrected chi connectivity index (χ2v) is 4.92. The molecule has 18 heavy (non-hydrogen) atoms. The van der Waals surface area contributed by atoms with Crippen molar-refractivity contribution < 1.29 is 9.90 Å². The highest BCUT2D eigenvalue weighted by molar-refractivity contribution is 5.81. The zero-order valence-corrected chi connectivity index (χ0v) is 12.3. The molecule has 108 valence electrons. The predicted octanol–water partition coefficient (Wildman–Crippen LogP) is 1.68. The molecule has 0 aliphatic rings. The fraction of sp³-hybridized carbons (Fsp3) is 0.929. The molecular weight excluding hydrogens is 228 g/mol. The van der Waals surface area contributed by atoms with E-state index in [1.54, 1.807) is 0 Å². The smallest absolute Gasteiger partial charge is 0.236 e. The molecule has 2 unspecified atom stereocenters. The van der Waals surface area contributed by atoms with E-state index >= 15 is 0 Å². The first-order valence-corrected chi connectivity index (χ1v) is 7.25. The van der Waals surface area contributed by atoms with Crippen LogP contribution in [0, 0.1) is 5.92 Å². The summed E-state index contributed by atoms with van der Waals surface area (Å²) in [5.41, 5.74) is 0. The molecule has 4 heteroatoms. The number of nitrogens with one attached hydrogen (secondary N) is 2. The van der Waals surface area contributed by atoms with Crippen molar-refractivity contribution in [3.63, 3.8) is 0 Å². The normalized spacial score (nSPS) is 14.6. The van der Waals surface area contributed by atoms with E-state index in [-0.39, 0.29) is 18.1 Å². The lowest BCUT2D eigenvalue weighted by molar-refractivity contribution is -0.122. The van der Waals surface area contributed by atoms with E-state index in [4.69, 9.17) is 0 Å². The first-order chi connectivity index (χ1) is 8.56. The highest BCUT2D eigenvalue weighted by Gasteiger charge is 2.18. The number of unbranched alkanes of at least 4 members (excludes halogenated alkanes) is 1. The van der Waals surface area contributed by atoms with Crippen LogP contribution in [0.25, 0.3) is 0 Å². The zero-order chi connectivity index (χ0) is 14.0. The molecule has 1 amide bonds. The Labute approximate surface area is 112 Å². The Morgan fingerprint density at radius 3 is 2.33 bits per heavy atom. The van der Waals surface area contributed by atoms with Crippen LogP contribution < -0.4 is 10.6 Å². The van der Waals surface area contributed by atoms with Gasteiger partial charge < -0.3 is 15.7 Å². The Balaban J connectivity index is 3.86. The molecule has 0 aliphatic carbocycles. The topological polar surface area (TPSA) is 61.4 Å². The average molecular weight is 258 g/mol. The Kier molecular flexibility index (Phi) is 9.98. The van der Waals surface area contributed by atoms with Crippen molar-refractivity contribution in [3.8, 4) is 0 Å². The van der Waals surface area contributed by atoms with Gasteiger partial charge in [-0.05, 0) is 19.3 Å². The maximum Gasteiger partial charge on any atom is 0.236 e. The summed E-state index contributed by atoms with van der Waals surface area (Å²) in [6.07, 6.45) is 3.66. The average Bonchev–Trinajstić information content (AvgIpc) is 2.37. The Morgan fingerprint density at radius 2 is 1.83 bits per heavy atom. The molecule has 0 aromatic heterocycles. The van der Waals surface area contributed by atoms with Crippen LogP contribution >= 0.6 is 0 Å². The second kappa shape index (κ2) is 10.3. The van der Waals surface area contributed by atoms with Crippen molar-refractivity contribution in [1.29, 1.82) is 0 Å². The van der Waals surface area contributed by atoms with Crippen molar-refractivity contribution in [1.82, 2.24) is 10.6 Å². The summed E-state index contributed by atoms with van der Waals surface area (Å²) in [6.45, 7) is 9.31. The lowest BCUT2D eigenvalue weighted by Gasteiger charge is -2.22. The largest absolute Gasteiger partial charge is 0.392 e. The van der Waals surface area contributed by atoms with Crippen LogP contribution in [0.1, 0.15) is 53.4 Å². The van der Waals surface area contributed by atoms with E-state index in [2.05, 4.69) is 31.4 Å². The standard InChI is InChI=1S/C14H30N2O2/c1-5-8-9-15-14(18)11(4)16-10-13(17)12(6-2)7-3/h11-13,16-17H,5-10H2,1-4H3,(H,15,18). The maximum absolute atomic E-state index is 11.7. The Hall–Kier alpha value is -0.610. The second-order valence-electron chi connectivity index (χ2n) is 4.92. The molecule has 0 radical (unpaired) electrons. The molecule has 0 aromatic rings. The van der Waals surface area contributed by atoms with Crippen molar-refractivity contribution in [2.24, 2.45) is 5.92 Å². The Bertz CT molecular complexity index is 218. The van der Waals surface area contributed by atoms with Crippen molar-refractivity contribution in [2.75, 3.05) is 13.1 Å². The summed E-state index contributed by atoms with van der Waals surface area (Å²) in [4.78, 5) is 11.7. The summed E-state index contributed by atoms with van der Waals surface area (Å²) in [7, 11) is 0. The summed E-state index contributed by atoms with van der Waals surface area (Å²) in [5, 5.41) is 15.9. The van der Waals surface area contributed by atoms with Crippen LogP contribution in [0.5, 0.6) is 0 Å². The van der Waals surface area contributed by atoms with Gasteiger partial charge in [0.15, 0.2) is 0 Å². The van der Waals surface area contributed by atoms with E-state index in [9.17, 15) is 9.90 Å². The first kappa shape index (κ1) is 17.4. The molecule has 0 bridgehead atoms. The van der Waals surface area contributed by atoms with Gasteiger partial charge in [-0.2, -0.15) is 0 Å². The van der Waals surface area contributed by atoms with Crippen LogP contribution in [-0.2, 0) is 4.79 Å². The third-order valence-electron chi connectivity index (χ3n) is 3.45. The van der Waals surface area contributed by atoms with Gasteiger partial charge in [0.05, 0.1) is 12.1 Å². The molecule has 0 fully saturated rings. The number of carbonyl (C=O) groups is 1. The lowest BCUT2D eigenvalue weighted by atomic mass is 9.96.